The summed E-state index contributed by atoms with van der Waals surface area (Å²) in [4.78, 5) is 24.0. The molecule has 3 rings (SSSR count). The maximum absolute atomic E-state index is 10.9. The molecule has 3 aromatic rings. The van der Waals surface area contributed by atoms with E-state index in [2.05, 4.69) is 25.0 Å². The monoisotopic (exact) mass is 176 g/mol. The molecule has 0 atom stereocenters. The van der Waals surface area contributed by atoms with Gasteiger partial charge in [-0.15, -0.1) is 0 Å². The van der Waals surface area contributed by atoms with Crippen molar-refractivity contribution in [1.82, 2.24) is 29.5 Å². The summed E-state index contributed by atoms with van der Waals surface area (Å²) >= 11 is 0. The van der Waals surface area contributed by atoms with Crippen molar-refractivity contribution < 1.29 is 0 Å². The molecule has 0 fully saturated rings. The van der Waals surface area contributed by atoms with Gasteiger partial charge < -0.3 is 4.98 Å². The van der Waals surface area contributed by atoms with Crippen LogP contribution in [0, 0.1) is 0 Å². The summed E-state index contributed by atoms with van der Waals surface area (Å²) in [6, 6.07) is 0. The fraction of sp³-hybridized carbons (Fsp3) is 0. The highest BCUT2D eigenvalue weighted by molar-refractivity contribution is 5.83. The van der Waals surface area contributed by atoms with Crippen molar-refractivity contribution in [3.05, 3.63) is 23.1 Å². The van der Waals surface area contributed by atoms with Gasteiger partial charge in [0.25, 0.3) is 0 Å². The number of nitrogens with zero attached hydrogens (tertiary/aromatic N) is 4. The van der Waals surface area contributed by atoms with Crippen LogP contribution < -0.4 is 5.69 Å². The van der Waals surface area contributed by atoms with Crippen LogP contribution in [-0.4, -0.2) is 29.5 Å². The van der Waals surface area contributed by atoms with Crippen LogP contribution in [0.2, 0.25) is 0 Å². The van der Waals surface area contributed by atoms with E-state index in [0.29, 0.717) is 16.8 Å². The average molecular weight is 176 g/mol. The Kier molecular flexibility index (Phi) is 0.950. The molecule has 64 valence electrons. The van der Waals surface area contributed by atoms with E-state index in [4.69, 9.17) is 0 Å². The molecule has 0 saturated carbocycles. The smallest absolute Gasteiger partial charge is 0.301 e. The van der Waals surface area contributed by atoms with Gasteiger partial charge in [-0.25, -0.2) is 19.3 Å². The van der Waals surface area contributed by atoms with Gasteiger partial charge in [0, 0.05) is 0 Å². The van der Waals surface area contributed by atoms with Gasteiger partial charge in [0.1, 0.15) is 18.2 Å². The molecule has 3 heterocycles. The molecule has 0 aliphatic heterocycles. The number of fused-ring (bicyclic) bond motifs is 3. The number of aromatic nitrogens is 6. The maximum Gasteiger partial charge on any atom is 0.325 e. The first-order chi connectivity index (χ1) is 6.34. The average Bonchev–Trinajstić information content (AvgIpc) is 2.65. The first-order valence-electron chi connectivity index (χ1n) is 3.61. The molecule has 0 aliphatic rings. The van der Waals surface area contributed by atoms with E-state index in [9.17, 15) is 4.79 Å². The van der Waals surface area contributed by atoms with E-state index in [1.54, 1.807) is 0 Å². The number of H-pyrrole nitrogens is 2. The number of hydrogen-bond acceptors (Lipinski definition) is 4. The van der Waals surface area contributed by atoms with E-state index in [0.717, 1.165) is 0 Å². The molecule has 0 saturated heterocycles. The molecular weight excluding hydrogens is 172 g/mol. The van der Waals surface area contributed by atoms with Crippen molar-refractivity contribution >= 4 is 16.8 Å². The second kappa shape index (κ2) is 1.94. The third kappa shape index (κ3) is 0.723. The van der Waals surface area contributed by atoms with Crippen LogP contribution in [0.15, 0.2) is 17.4 Å². The number of rotatable bonds is 0. The van der Waals surface area contributed by atoms with Gasteiger partial charge in [0.2, 0.25) is 0 Å². The molecule has 0 radical (unpaired) electrons. The highest BCUT2D eigenvalue weighted by Gasteiger charge is 2.05. The molecule has 3 aromatic heterocycles. The molecule has 7 nitrogen and oxygen atoms in total. The van der Waals surface area contributed by atoms with Crippen molar-refractivity contribution in [3.8, 4) is 0 Å². The SMILES string of the molecule is O=c1[nH]c2ncn3ncnc3c2[nH]1. The lowest BCUT2D eigenvalue weighted by molar-refractivity contribution is 0.931. The summed E-state index contributed by atoms with van der Waals surface area (Å²) in [6.07, 6.45) is 2.90. The summed E-state index contributed by atoms with van der Waals surface area (Å²) in [5, 5.41) is 3.89. The zero-order valence-corrected chi connectivity index (χ0v) is 6.35. The molecule has 0 aromatic carbocycles. The summed E-state index contributed by atoms with van der Waals surface area (Å²) in [6.45, 7) is 0. The second-order valence-corrected chi connectivity index (χ2v) is 2.58. The minimum absolute atomic E-state index is 0.293. The Bertz CT molecular complexity index is 631. The Balaban J connectivity index is 2.71. The van der Waals surface area contributed by atoms with Crippen LogP contribution in [-0.2, 0) is 0 Å². The Labute approximate surface area is 70.4 Å². The fourth-order valence-corrected chi connectivity index (χ4v) is 1.26. The number of imidazole rings is 1. The minimum Gasteiger partial charge on any atom is -0.301 e. The van der Waals surface area contributed by atoms with Crippen molar-refractivity contribution in [1.29, 1.82) is 0 Å². The molecular formula is C6H4N6O. The van der Waals surface area contributed by atoms with Crippen molar-refractivity contribution in [2.24, 2.45) is 0 Å². The van der Waals surface area contributed by atoms with Gasteiger partial charge in [0.05, 0.1) is 0 Å². The van der Waals surface area contributed by atoms with Crippen LogP contribution in [0.4, 0.5) is 0 Å². The lowest BCUT2D eigenvalue weighted by Crippen LogP contribution is -1.99. The van der Waals surface area contributed by atoms with E-state index < -0.39 is 0 Å². The largest absolute Gasteiger partial charge is 0.325 e. The Hall–Kier alpha value is -2.18. The van der Waals surface area contributed by atoms with Gasteiger partial charge in [0.15, 0.2) is 11.3 Å². The quantitative estimate of drug-likeness (QED) is 0.473. The fourth-order valence-electron chi connectivity index (χ4n) is 1.26. The summed E-state index contributed by atoms with van der Waals surface area (Å²) in [7, 11) is 0. The van der Waals surface area contributed by atoms with Gasteiger partial charge in [-0.3, -0.25) is 4.98 Å². The Morgan fingerprint density at radius 1 is 1.31 bits per heavy atom. The molecule has 0 aliphatic carbocycles. The molecule has 0 bridgehead atoms. The number of hydrogen-bond donors (Lipinski definition) is 2. The van der Waals surface area contributed by atoms with Crippen LogP contribution in [0.1, 0.15) is 0 Å². The molecule has 0 unspecified atom stereocenters. The van der Waals surface area contributed by atoms with Crippen LogP contribution >= 0.6 is 0 Å². The summed E-state index contributed by atoms with van der Waals surface area (Å²) in [5.74, 6) is 0. The maximum atomic E-state index is 10.9. The van der Waals surface area contributed by atoms with Crippen molar-refractivity contribution in [3.63, 3.8) is 0 Å². The van der Waals surface area contributed by atoms with Gasteiger partial charge in [-0.05, 0) is 0 Å². The molecule has 0 spiro atoms. The van der Waals surface area contributed by atoms with Crippen LogP contribution in [0.3, 0.4) is 0 Å². The minimum atomic E-state index is -0.293. The molecule has 13 heavy (non-hydrogen) atoms. The third-order valence-electron chi connectivity index (χ3n) is 1.80. The zero-order chi connectivity index (χ0) is 8.84. The number of aromatic amines is 2. The summed E-state index contributed by atoms with van der Waals surface area (Å²) < 4.78 is 1.49. The highest BCUT2D eigenvalue weighted by Crippen LogP contribution is 2.07. The first kappa shape index (κ1) is 6.35. The predicted molar refractivity (Wildman–Crippen MR) is 43.3 cm³/mol. The van der Waals surface area contributed by atoms with Gasteiger partial charge in [-0.1, -0.05) is 0 Å². The Morgan fingerprint density at radius 2 is 2.23 bits per heavy atom. The topological polar surface area (TPSA) is 91.7 Å². The van der Waals surface area contributed by atoms with Crippen molar-refractivity contribution in [2.45, 2.75) is 0 Å². The highest BCUT2D eigenvalue weighted by atomic mass is 16.1. The van der Waals surface area contributed by atoms with E-state index >= 15 is 0 Å². The van der Waals surface area contributed by atoms with E-state index in [1.807, 2.05) is 0 Å². The first-order valence-corrected chi connectivity index (χ1v) is 3.61. The van der Waals surface area contributed by atoms with Crippen molar-refractivity contribution in [2.75, 3.05) is 0 Å². The third-order valence-corrected chi connectivity index (χ3v) is 1.80. The van der Waals surface area contributed by atoms with E-state index in [-0.39, 0.29) is 5.69 Å². The molecule has 0 amide bonds. The second-order valence-electron chi connectivity index (χ2n) is 2.58. The van der Waals surface area contributed by atoms with Gasteiger partial charge in [-0.2, -0.15) is 5.10 Å². The van der Waals surface area contributed by atoms with Gasteiger partial charge >= 0.3 is 5.69 Å². The normalized spacial score (nSPS) is 11.4. The number of nitrogens with one attached hydrogen (secondary N) is 2. The Morgan fingerprint density at radius 3 is 3.15 bits per heavy atom. The molecule has 7 heteroatoms. The standard InChI is InChI=1S/C6H4N6O/c13-6-10-3-4(11-6)8-2-12-5(3)7-1-9-12/h1-2H,(H2,10,11,13). The zero-order valence-electron chi connectivity index (χ0n) is 6.35. The van der Waals surface area contributed by atoms with Crippen LogP contribution in [0.5, 0.6) is 0 Å². The lowest BCUT2D eigenvalue weighted by atomic mass is 10.5. The van der Waals surface area contributed by atoms with Crippen LogP contribution in [0.25, 0.3) is 16.8 Å². The lowest BCUT2D eigenvalue weighted by Gasteiger charge is -1.89. The molecule has 2 N–H and O–H groups in total. The summed E-state index contributed by atoms with van der Waals surface area (Å²) in [5.41, 5.74) is 1.36. The van der Waals surface area contributed by atoms with E-state index in [1.165, 1.54) is 17.2 Å². The predicted octanol–water partition coefficient (Wildman–Crippen LogP) is -0.706.